The average Bonchev–Trinajstić information content (AvgIpc) is 2.13. The number of unbranched alkanes of at least 4 members (excludes halogenated alkanes) is 1. The number of hydrogen-bond acceptors (Lipinski definition) is 3. The summed E-state index contributed by atoms with van der Waals surface area (Å²) in [5, 5.41) is 2.87. The van der Waals surface area contributed by atoms with Gasteiger partial charge in [-0.05, 0) is 37.8 Å². The van der Waals surface area contributed by atoms with Crippen molar-refractivity contribution >= 4 is 30.1 Å². The number of nitrogens with two attached hydrogens (primary N) is 1. The summed E-state index contributed by atoms with van der Waals surface area (Å²) in [4.78, 5) is 11.1. The maximum atomic E-state index is 11.1. The fraction of sp³-hybridized carbons (Fsp3) is 0.889. The first-order valence-corrected chi connectivity index (χ1v) is 6.16. The number of nitrogens with one attached hydrogen (secondary N) is 1. The van der Waals surface area contributed by atoms with Gasteiger partial charge in [0.15, 0.2) is 0 Å². The first-order chi connectivity index (χ1) is 6.31. The summed E-state index contributed by atoms with van der Waals surface area (Å²) in [7, 11) is 0. The predicted molar refractivity (Wildman–Crippen MR) is 66.2 cm³/mol. The van der Waals surface area contributed by atoms with E-state index >= 15 is 0 Å². The first-order valence-electron chi connectivity index (χ1n) is 4.77. The van der Waals surface area contributed by atoms with Crippen LogP contribution in [0.2, 0.25) is 0 Å². The molecule has 5 heteroatoms. The zero-order chi connectivity index (χ0) is 9.94. The second-order valence-corrected chi connectivity index (χ2v) is 3.93. The van der Waals surface area contributed by atoms with Crippen LogP contribution in [0.4, 0.5) is 0 Å². The van der Waals surface area contributed by atoms with Gasteiger partial charge in [-0.1, -0.05) is 0 Å². The smallest absolute Gasteiger partial charge is 0.220 e. The largest absolute Gasteiger partial charge is 0.356 e. The molecule has 0 atom stereocenters. The number of amides is 1. The molecule has 86 valence electrons. The lowest BCUT2D eigenvalue weighted by Crippen LogP contribution is -2.24. The molecular formula is C9H21ClN2OS. The Morgan fingerprint density at radius 2 is 2.07 bits per heavy atom. The van der Waals surface area contributed by atoms with Crippen LogP contribution in [0.5, 0.6) is 0 Å². The standard InChI is InChI=1S/C9H20N2OS.ClH/c1-13-8-4-5-9(12)11-7-3-2-6-10;/h2-8,10H2,1H3,(H,11,12);1H. The molecule has 1 amide bonds. The fourth-order valence-corrected chi connectivity index (χ4v) is 1.40. The van der Waals surface area contributed by atoms with Crippen LogP contribution in [0.3, 0.4) is 0 Å². The van der Waals surface area contributed by atoms with Gasteiger partial charge in [-0.3, -0.25) is 4.79 Å². The second kappa shape index (κ2) is 13.1. The molecular weight excluding hydrogens is 220 g/mol. The maximum Gasteiger partial charge on any atom is 0.220 e. The summed E-state index contributed by atoms with van der Waals surface area (Å²) in [5.74, 6) is 1.24. The molecule has 3 nitrogen and oxygen atoms in total. The van der Waals surface area contributed by atoms with Crippen molar-refractivity contribution in [1.82, 2.24) is 5.32 Å². The topological polar surface area (TPSA) is 55.1 Å². The minimum atomic E-state index is 0. The molecule has 0 rings (SSSR count). The summed E-state index contributed by atoms with van der Waals surface area (Å²) in [5.41, 5.74) is 5.33. The molecule has 0 spiro atoms. The summed E-state index contributed by atoms with van der Waals surface area (Å²) in [6.07, 6.45) is 5.67. The molecule has 0 aliphatic carbocycles. The molecule has 0 aromatic rings. The van der Waals surface area contributed by atoms with E-state index in [1.807, 2.05) is 0 Å². The van der Waals surface area contributed by atoms with Gasteiger partial charge in [-0.25, -0.2) is 0 Å². The van der Waals surface area contributed by atoms with Gasteiger partial charge in [-0.15, -0.1) is 12.4 Å². The molecule has 0 aromatic carbocycles. The Kier molecular flexibility index (Phi) is 15.4. The van der Waals surface area contributed by atoms with Gasteiger partial charge in [-0.2, -0.15) is 11.8 Å². The van der Waals surface area contributed by atoms with Crippen LogP contribution >= 0.6 is 24.2 Å². The second-order valence-electron chi connectivity index (χ2n) is 2.94. The quantitative estimate of drug-likeness (QED) is 0.631. The van der Waals surface area contributed by atoms with Crippen molar-refractivity contribution in [2.45, 2.75) is 25.7 Å². The highest BCUT2D eigenvalue weighted by Gasteiger charge is 1.98. The lowest BCUT2D eigenvalue weighted by Gasteiger charge is -2.03. The number of hydrogen-bond donors (Lipinski definition) is 2. The van der Waals surface area contributed by atoms with Crippen LogP contribution in [-0.4, -0.2) is 31.0 Å². The number of halogens is 1. The number of rotatable bonds is 8. The van der Waals surface area contributed by atoms with Gasteiger partial charge in [0.05, 0.1) is 0 Å². The number of carbonyl (C=O) groups excluding carboxylic acids is 1. The summed E-state index contributed by atoms with van der Waals surface area (Å²) in [6, 6.07) is 0. The van der Waals surface area contributed by atoms with Gasteiger partial charge < -0.3 is 11.1 Å². The van der Waals surface area contributed by atoms with Gasteiger partial charge in [0, 0.05) is 13.0 Å². The molecule has 0 aliphatic heterocycles. The van der Waals surface area contributed by atoms with E-state index in [2.05, 4.69) is 11.6 Å². The summed E-state index contributed by atoms with van der Waals surface area (Å²) < 4.78 is 0. The third kappa shape index (κ3) is 12.1. The zero-order valence-corrected chi connectivity index (χ0v) is 10.4. The van der Waals surface area contributed by atoms with Crippen molar-refractivity contribution in [1.29, 1.82) is 0 Å². The molecule has 0 unspecified atom stereocenters. The SMILES string of the molecule is CSCCCC(=O)NCCCCN.Cl. The van der Waals surface area contributed by atoms with E-state index in [0.29, 0.717) is 13.0 Å². The molecule has 0 saturated carbocycles. The predicted octanol–water partition coefficient (Wildman–Crippen LogP) is 1.41. The van der Waals surface area contributed by atoms with Crippen LogP contribution < -0.4 is 11.1 Å². The minimum Gasteiger partial charge on any atom is -0.356 e. The monoisotopic (exact) mass is 240 g/mol. The van der Waals surface area contributed by atoms with E-state index in [9.17, 15) is 4.79 Å². The molecule has 0 radical (unpaired) electrons. The Labute approximate surface area is 97.0 Å². The molecule has 0 fully saturated rings. The molecule has 3 N–H and O–H groups in total. The summed E-state index contributed by atoms with van der Waals surface area (Å²) >= 11 is 1.78. The fourth-order valence-electron chi connectivity index (χ4n) is 0.963. The highest BCUT2D eigenvalue weighted by atomic mass is 35.5. The van der Waals surface area contributed by atoms with Crippen molar-refractivity contribution in [3.63, 3.8) is 0 Å². The van der Waals surface area contributed by atoms with Crippen LogP contribution in [0.1, 0.15) is 25.7 Å². The Bertz CT molecular complexity index is 136. The van der Waals surface area contributed by atoms with Crippen molar-refractivity contribution < 1.29 is 4.79 Å². The summed E-state index contributed by atoms with van der Waals surface area (Å²) in [6.45, 7) is 1.48. The van der Waals surface area contributed by atoms with Gasteiger partial charge in [0.1, 0.15) is 0 Å². The number of thioether (sulfide) groups is 1. The molecule has 0 saturated heterocycles. The molecule has 0 heterocycles. The lowest BCUT2D eigenvalue weighted by atomic mass is 10.3. The van der Waals surface area contributed by atoms with Crippen molar-refractivity contribution in [3.05, 3.63) is 0 Å². The molecule has 14 heavy (non-hydrogen) atoms. The normalized spacial score (nSPS) is 9.29. The van der Waals surface area contributed by atoms with E-state index in [1.165, 1.54) is 0 Å². The van der Waals surface area contributed by atoms with Crippen molar-refractivity contribution in [2.24, 2.45) is 5.73 Å². The molecule has 0 aliphatic rings. The molecule has 0 bridgehead atoms. The van der Waals surface area contributed by atoms with Gasteiger partial charge in [0.25, 0.3) is 0 Å². The van der Waals surface area contributed by atoms with E-state index in [0.717, 1.165) is 31.6 Å². The Morgan fingerprint density at radius 3 is 2.64 bits per heavy atom. The van der Waals surface area contributed by atoms with Crippen LogP contribution in [0, 0.1) is 0 Å². The lowest BCUT2D eigenvalue weighted by molar-refractivity contribution is -0.121. The van der Waals surface area contributed by atoms with Crippen molar-refractivity contribution in [3.8, 4) is 0 Å². The van der Waals surface area contributed by atoms with Crippen LogP contribution in [0.25, 0.3) is 0 Å². The molecule has 0 aromatic heterocycles. The van der Waals surface area contributed by atoms with Crippen LogP contribution in [0.15, 0.2) is 0 Å². The highest BCUT2D eigenvalue weighted by Crippen LogP contribution is 1.98. The van der Waals surface area contributed by atoms with Crippen molar-refractivity contribution in [2.75, 3.05) is 25.1 Å². The Morgan fingerprint density at radius 1 is 1.36 bits per heavy atom. The van der Waals surface area contributed by atoms with Gasteiger partial charge >= 0.3 is 0 Å². The third-order valence-corrected chi connectivity index (χ3v) is 2.40. The van der Waals surface area contributed by atoms with E-state index < -0.39 is 0 Å². The maximum absolute atomic E-state index is 11.1. The Hall–Kier alpha value is 0.0700. The highest BCUT2D eigenvalue weighted by molar-refractivity contribution is 7.98. The van der Waals surface area contributed by atoms with E-state index in [4.69, 9.17) is 5.73 Å². The zero-order valence-electron chi connectivity index (χ0n) is 8.75. The van der Waals surface area contributed by atoms with Crippen LogP contribution in [-0.2, 0) is 4.79 Å². The third-order valence-electron chi connectivity index (χ3n) is 1.71. The van der Waals surface area contributed by atoms with E-state index in [-0.39, 0.29) is 18.3 Å². The first kappa shape index (κ1) is 16.5. The van der Waals surface area contributed by atoms with E-state index in [1.54, 1.807) is 11.8 Å². The Balaban J connectivity index is 0. The minimum absolute atomic E-state index is 0. The van der Waals surface area contributed by atoms with Gasteiger partial charge in [0.2, 0.25) is 5.91 Å². The number of carbonyl (C=O) groups is 1. The average molecular weight is 241 g/mol.